The molecular formula is C31H32N4O6. The Labute approximate surface area is 238 Å². The monoisotopic (exact) mass is 556 g/mol. The highest BCUT2D eigenvalue weighted by atomic mass is 16.6. The van der Waals surface area contributed by atoms with E-state index in [-0.39, 0.29) is 11.8 Å². The van der Waals surface area contributed by atoms with Crippen LogP contribution in [0.5, 0.6) is 11.5 Å². The molecule has 3 aromatic rings. The maximum absolute atomic E-state index is 13.4. The van der Waals surface area contributed by atoms with Gasteiger partial charge in [-0.2, -0.15) is 0 Å². The molecule has 10 nitrogen and oxygen atoms in total. The average Bonchev–Trinajstić information content (AvgIpc) is 3.32. The average molecular weight is 557 g/mol. The minimum Gasteiger partial charge on any atom is -0.486 e. The SMILES string of the molecule is COC(=O)c1ccc2c(c1)NC(=O)/C2=C(\Nc1ccc(C(=O)N(C)CCN(C)C)cc1)c1ccc2c(c1)OCCO2. The van der Waals surface area contributed by atoms with E-state index in [2.05, 4.69) is 10.6 Å². The Morgan fingerprint density at radius 1 is 0.878 bits per heavy atom. The summed E-state index contributed by atoms with van der Waals surface area (Å²) in [4.78, 5) is 42.1. The topological polar surface area (TPSA) is 109 Å². The van der Waals surface area contributed by atoms with Gasteiger partial charge in [-0.05, 0) is 68.7 Å². The lowest BCUT2D eigenvalue weighted by Crippen LogP contribution is -2.33. The lowest BCUT2D eigenvalue weighted by atomic mass is 9.98. The quantitative estimate of drug-likeness (QED) is 0.319. The van der Waals surface area contributed by atoms with Crippen LogP contribution in [0.25, 0.3) is 11.3 Å². The molecular weight excluding hydrogens is 524 g/mol. The number of amides is 2. The van der Waals surface area contributed by atoms with E-state index in [1.54, 1.807) is 54.4 Å². The molecule has 2 aliphatic heterocycles. The van der Waals surface area contributed by atoms with E-state index in [0.717, 1.165) is 6.54 Å². The Morgan fingerprint density at radius 2 is 1.56 bits per heavy atom. The number of carbonyl (C=O) groups excluding carboxylic acids is 3. The fraction of sp³-hybridized carbons (Fsp3) is 0.258. The Balaban J connectivity index is 1.52. The number of methoxy groups -OCH3 is 1. The lowest BCUT2D eigenvalue weighted by Gasteiger charge is -2.21. The summed E-state index contributed by atoms with van der Waals surface area (Å²) in [5.74, 6) is 0.314. The van der Waals surface area contributed by atoms with Gasteiger partial charge < -0.3 is 34.6 Å². The molecule has 2 amide bonds. The first-order chi connectivity index (χ1) is 19.7. The molecule has 41 heavy (non-hydrogen) atoms. The van der Waals surface area contributed by atoms with E-state index >= 15 is 0 Å². The summed E-state index contributed by atoms with van der Waals surface area (Å²) in [6.45, 7) is 2.26. The van der Waals surface area contributed by atoms with Crippen LogP contribution in [-0.4, -0.2) is 82.1 Å². The second-order valence-electron chi connectivity index (χ2n) is 10.0. The summed E-state index contributed by atoms with van der Waals surface area (Å²) in [6.07, 6.45) is 0. The van der Waals surface area contributed by atoms with Crippen LogP contribution in [0, 0.1) is 0 Å². The number of nitrogens with zero attached hydrogens (tertiary/aromatic N) is 2. The Hall–Kier alpha value is -4.83. The lowest BCUT2D eigenvalue weighted by molar-refractivity contribution is -0.110. The number of hydrogen-bond acceptors (Lipinski definition) is 8. The van der Waals surface area contributed by atoms with Gasteiger partial charge in [-0.25, -0.2) is 4.79 Å². The number of likely N-dealkylation sites (N-methyl/N-ethyl adjacent to an activating group) is 2. The molecule has 0 saturated heterocycles. The van der Waals surface area contributed by atoms with Crippen LogP contribution in [0.4, 0.5) is 11.4 Å². The molecule has 0 radical (unpaired) electrons. The van der Waals surface area contributed by atoms with Crippen LogP contribution in [0.3, 0.4) is 0 Å². The van der Waals surface area contributed by atoms with Crippen LogP contribution in [0.2, 0.25) is 0 Å². The Morgan fingerprint density at radius 3 is 2.27 bits per heavy atom. The molecule has 0 spiro atoms. The van der Waals surface area contributed by atoms with Crippen molar-refractivity contribution in [1.82, 2.24) is 9.80 Å². The van der Waals surface area contributed by atoms with Crippen molar-refractivity contribution < 1.29 is 28.6 Å². The number of ether oxygens (including phenoxy) is 3. The normalized spacial score (nSPS) is 14.7. The van der Waals surface area contributed by atoms with Crippen molar-refractivity contribution in [3.05, 3.63) is 82.9 Å². The molecule has 0 fully saturated rings. The number of esters is 1. The van der Waals surface area contributed by atoms with Crippen LogP contribution in [-0.2, 0) is 9.53 Å². The molecule has 2 N–H and O–H groups in total. The number of rotatable bonds is 8. The molecule has 0 aliphatic carbocycles. The Bertz CT molecular complexity index is 1530. The van der Waals surface area contributed by atoms with E-state index in [1.807, 2.05) is 37.2 Å². The van der Waals surface area contributed by atoms with Gasteiger partial charge in [0.15, 0.2) is 11.5 Å². The van der Waals surface area contributed by atoms with Crippen molar-refractivity contribution in [2.24, 2.45) is 0 Å². The summed E-state index contributed by atoms with van der Waals surface area (Å²) < 4.78 is 16.3. The summed E-state index contributed by atoms with van der Waals surface area (Å²) in [5.41, 5.74) is 4.35. The van der Waals surface area contributed by atoms with E-state index < -0.39 is 5.97 Å². The highest BCUT2D eigenvalue weighted by Gasteiger charge is 2.30. The maximum atomic E-state index is 13.4. The summed E-state index contributed by atoms with van der Waals surface area (Å²) in [7, 11) is 7.02. The fourth-order valence-corrected chi connectivity index (χ4v) is 4.66. The highest BCUT2D eigenvalue weighted by molar-refractivity contribution is 6.37. The first kappa shape index (κ1) is 27.7. The molecule has 212 valence electrons. The largest absolute Gasteiger partial charge is 0.486 e. The molecule has 10 heteroatoms. The molecule has 0 aromatic heterocycles. The number of fused-ring (bicyclic) bond motifs is 2. The third-order valence-corrected chi connectivity index (χ3v) is 6.90. The van der Waals surface area contributed by atoms with E-state index in [1.165, 1.54) is 7.11 Å². The number of hydrogen-bond donors (Lipinski definition) is 2. The number of anilines is 2. The summed E-state index contributed by atoms with van der Waals surface area (Å²) >= 11 is 0. The van der Waals surface area contributed by atoms with Gasteiger partial charge >= 0.3 is 5.97 Å². The van der Waals surface area contributed by atoms with Gasteiger partial charge in [0.1, 0.15) is 13.2 Å². The first-order valence-corrected chi connectivity index (χ1v) is 13.2. The minimum atomic E-state index is -0.494. The van der Waals surface area contributed by atoms with Gasteiger partial charge in [0.2, 0.25) is 0 Å². The van der Waals surface area contributed by atoms with Crippen molar-refractivity contribution in [2.75, 3.05) is 65.2 Å². The minimum absolute atomic E-state index is 0.0747. The van der Waals surface area contributed by atoms with Crippen molar-refractivity contribution in [3.8, 4) is 11.5 Å². The second kappa shape index (κ2) is 11.7. The summed E-state index contributed by atoms with van der Waals surface area (Å²) in [6, 6.07) is 17.6. The molecule has 2 heterocycles. The van der Waals surface area contributed by atoms with Crippen LogP contribution >= 0.6 is 0 Å². The second-order valence-corrected chi connectivity index (χ2v) is 10.0. The maximum Gasteiger partial charge on any atom is 0.337 e. The van der Waals surface area contributed by atoms with Gasteiger partial charge in [0, 0.05) is 42.5 Å². The zero-order chi connectivity index (χ0) is 29.1. The van der Waals surface area contributed by atoms with E-state index in [9.17, 15) is 14.4 Å². The van der Waals surface area contributed by atoms with Crippen LogP contribution in [0.15, 0.2) is 60.7 Å². The van der Waals surface area contributed by atoms with Crippen molar-refractivity contribution >= 4 is 40.4 Å². The third-order valence-electron chi connectivity index (χ3n) is 6.90. The van der Waals surface area contributed by atoms with Gasteiger partial charge in [-0.1, -0.05) is 6.07 Å². The van der Waals surface area contributed by atoms with E-state index in [4.69, 9.17) is 14.2 Å². The first-order valence-electron chi connectivity index (χ1n) is 13.2. The zero-order valence-electron chi connectivity index (χ0n) is 23.4. The molecule has 0 saturated carbocycles. The molecule has 0 unspecified atom stereocenters. The molecule has 0 bridgehead atoms. The van der Waals surface area contributed by atoms with Gasteiger partial charge in [0.25, 0.3) is 11.8 Å². The molecule has 5 rings (SSSR count). The number of carbonyl (C=O) groups is 3. The number of benzene rings is 3. The van der Waals surface area contributed by atoms with Crippen LogP contribution in [0.1, 0.15) is 31.8 Å². The van der Waals surface area contributed by atoms with Crippen molar-refractivity contribution in [1.29, 1.82) is 0 Å². The highest BCUT2D eigenvalue weighted by Crippen LogP contribution is 2.40. The predicted octanol–water partition coefficient (Wildman–Crippen LogP) is 3.81. The molecule has 0 atom stereocenters. The molecule has 2 aliphatic rings. The van der Waals surface area contributed by atoms with E-state index in [0.29, 0.717) is 76.2 Å². The van der Waals surface area contributed by atoms with Crippen molar-refractivity contribution in [2.45, 2.75) is 0 Å². The van der Waals surface area contributed by atoms with Crippen LogP contribution < -0.4 is 20.1 Å². The van der Waals surface area contributed by atoms with Gasteiger partial charge in [0.05, 0.1) is 29.6 Å². The zero-order valence-corrected chi connectivity index (χ0v) is 23.4. The van der Waals surface area contributed by atoms with Gasteiger partial charge in [-0.3, -0.25) is 9.59 Å². The van der Waals surface area contributed by atoms with Gasteiger partial charge in [-0.15, -0.1) is 0 Å². The fourth-order valence-electron chi connectivity index (χ4n) is 4.66. The van der Waals surface area contributed by atoms with Crippen molar-refractivity contribution in [3.63, 3.8) is 0 Å². The third kappa shape index (κ3) is 5.87. The summed E-state index contributed by atoms with van der Waals surface area (Å²) in [5, 5.41) is 6.27. The number of nitrogens with one attached hydrogen (secondary N) is 2. The predicted molar refractivity (Wildman–Crippen MR) is 156 cm³/mol. The smallest absolute Gasteiger partial charge is 0.337 e. The standard InChI is InChI=1S/C31H32N4O6/c1-34(2)13-14-35(3)30(37)19-5-9-22(10-6-19)32-28(20-8-12-25-26(18-20)41-16-15-40-25)27-23-11-7-21(31(38)39-4)17-24(23)33-29(27)36/h5-12,17-18,32H,13-16H2,1-4H3,(H,33,36)/b28-27-. The molecule has 3 aromatic carbocycles. The Kier molecular flexibility index (Phi) is 7.93.